The van der Waals surface area contributed by atoms with E-state index in [-0.39, 0.29) is 5.91 Å². The Kier molecular flexibility index (Phi) is 5.29. The zero-order valence-electron chi connectivity index (χ0n) is 17.1. The summed E-state index contributed by atoms with van der Waals surface area (Å²) >= 11 is 6.28. The fraction of sp³-hybridized carbons (Fsp3) is 0.381. The molecule has 10 heteroatoms. The van der Waals surface area contributed by atoms with E-state index in [0.29, 0.717) is 79.6 Å². The number of hydrogen-bond donors (Lipinski definition) is 3. The van der Waals surface area contributed by atoms with Crippen LogP contribution in [0.15, 0.2) is 18.3 Å². The van der Waals surface area contributed by atoms with Crippen LogP contribution in [0.5, 0.6) is 5.75 Å². The normalized spacial score (nSPS) is 15.6. The van der Waals surface area contributed by atoms with Crippen molar-refractivity contribution in [2.24, 2.45) is 0 Å². The van der Waals surface area contributed by atoms with E-state index in [4.69, 9.17) is 21.1 Å². The van der Waals surface area contributed by atoms with Crippen molar-refractivity contribution in [1.82, 2.24) is 19.9 Å². The number of nitrogens with one attached hydrogen (secondary N) is 3. The lowest BCUT2D eigenvalue weighted by atomic mass is 10.0. The summed E-state index contributed by atoms with van der Waals surface area (Å²) in [6.07, 6.45) is 2.38. The van der Waals surface area contributed by atoms with E-state index in [2.05, 4.69) is 25.6 Å². The number of ether oxygens (including phenoxy) is 2. The number of hydrogen-bond acceptors (Lipinski definition) is 7. The van der Waals surface area contributed by atoms with Crippen molar-refractivity contribution < 1.29 is 14.3 Å². The Morgan fingerprint density at radius 3 is 2.90 bits per heavy atom. The van der Waals surface area contributed by atoms with Gasteiger partial charge in [0.15, 0.2) is 0 Å². The summed E-state index contributed by atoms with van der Waals surface area (Å²) < 4.78 is 11.3. The number of benzene rings is 1. The lowest BCUT2D eigenvalue weighted by Crippen LogP contribution is -2.41. The molecule has 0 spiro atoms. The number of rotatable bonds is 5. The quantitative estimate of drug-likeness (QED) is 0.557. The molecule has 31 heavy (non-hydrogen) atoms. The molecule has 162 valence electrons. The number of H-pyrrole nitrogens is 1. The maximum Gasteiger partial charge on any atom is 0.254 e. The Morgan fingerprint density at radius 2 is 2.10 bits per heavy atom. The zero-order valence-corrected chi connectivity index (χ0v) is 17.9. The molecule has 0 saturated carbocycles. The maximum absolute atomic E-state index is 13.0. The largest absolute Gasteiger partial charge is 0.491 e. The Hall–Kier alpha value is -3.04. The molecule has 3 aromatic rings. The molecule has 1 amide bonds. The molecule has 0 bridgehead atoms. The van der Waals surface area contributed by atoms with Gasteiger partial charge >= 0.3 is 0 Å². The van der Waals surface area contributed by atoms with Gasteiger partial charge in [0.1, 0.15) is 17.2 Å². The molecule has 4 heterocycles. The van der Waals surface area contributed by atoms with Crippen molar-refractivity contribution in [3.8, 4) is 5.75 Å². The molecular formula is C21H23ClN6O3. The van der Waals surface area contributed by atoms with Crippen LogP contribution >= 0.6 is 11.6 Å². The molecule has 2 aliphatic heterocycles. The summed E-state index contributed by atoms with van der Waals surface area (Å²) in [5.74, 6) is 1.76. The molecule has 3 N–H and O–H groups in total. The second-order valence-corrected chi connectivity index (χ2v) is 7.79. The summed E-state index contributed by atoms with van der Waals surface area (Å²) in [4.78, 5) is 27.1. The monoisotopic (exact) mass is 442 g/mol. The highest BCUT2D eigenvalue weighted by atomic mass is 35.5. The van der Waals surface area contributed by atoms with Gasteiger partial charge < -0.3 is 30.0 Å². The third-order valence-corrected chi connectivity index (χ3v) is 5.76. The van der Waals surface area contributed by atoms with E-state index in [1.165, 1.54) is 0 Å². The van der Waals surface area contributed by atoms with Crippen LogP contribution in [0.25, 0.3) is 11.0 Å². The minimum atomic E-state index is 0.0183. The van der Waals surface area contributed by atoms with Crippen molar-refractivity contribution >= 4 is 46.0 Å². The van der Waals surface area contributed by atoms with Gasteiger partial charge in [-0.25, -0.2) is 0 Å². The highest BCUT2D eigenvalue weighted by molar-refractivity contribution is 6.36. The standard InChI is InChI=1S/C21H23ClN6O3/c1-2-23-18-16-14(22)11-24-19(16)27-21(26-18)25-15-4-3-13(12-5-8-31-17(12)15)20(29)28-6-9-30-10-7-28/h3-4,11H,2,5-10H2,1H3,(H3,23,24,25,26,27). The first kappa shape index (κ1) is 19.9. The van der Waals surface area contributed by atoms with Gasteiger partial charge in [-0.1, -0.05) is 11.6 Å². The van der Waals surface area contributed by atoms with Crippen LogP contribution in [0.3, 0.4) is 0 Å². The summed E-state index contributed by atoms with van der Waals surface area (Å²) in [7, 11) is 0. The van der Waals surface area contributed by atoms with Gasteiger partial charge in [0, 0.05) is 43.4 Å². The maximum atomic E-state index is 13.0. The lowest BCUT2D eigenvalue weighted by molar-refractivity contribution is 0.0302. The second kappa shape index (κ2) is 8.24. The SMILES string of the molecule is CCNc1nc(Nc2ccc(C(=O)N3CCOCC3)c3c2OCC3)nc2[nH]cc(Cl)c12. The molecule has 2 aromatic heterocycles. The fourth-order valence-corrected chi connectivity index (χ4v) is 4.23. The molecule has 5 rings (SSSR count). The Balaban J connectivity index is 1.48. The van der Waals surface area contributed by atoms with Crippen LogP contribution in [-0.4, -0.2) is 65.2 Å². The smallest absolute Gasteiger partial charge is 0.254 e. The topological polar surface area (TPSA) is 104 Å². The fourth-order valence-electron chi connectivity index (χ4n) is 4.00. The number of halogens is 1. The summed E-state index contributed by atoms with van der Waals surface area (Å²) in [5.41, 5.74) is 2.96. The molecule has 1 saturated heterocycles. The third kappa shape index (κ3) is 3.64. The molecule has 2 aliphatic rings. The van der Waals surface area contributed by atoms with Crippen molar-refractivity contribution in [3.63, 3.8) is 0 Å². The van der Waals surface area contributed by atoms with E-state index in [0.717, 1.165) is 16.6 Å². The van der Waals surface area contributed by atoms with Crippen molar-refractivity contribution in [1.29, 1.82) is 0 Å². The van der Waals surface area contributed by atoms with Crippen LogP contribution in [0.4, 0.5) is 17.5 Å². The van der Waals surface area contributed by atoms with Crippen LogP contribution < -0.4 is 15.4 Å². The molecule has 0 radical (unpaired) electrons. The Morgan fingerprint density at radius 1 is 1.26 bits per heavy atom. The van der Waals surface area contributed by atoms with Gasteiger partial charge in [-0.3, -0.25) is 4.79 Å². The number of nitrogens with zero attached hydrogens (tertiary/aromatic N) is 3. The van der Waals surface area contributed by atoms with Gasteiger partial charge in [0.05, 0.1) is 35.9 Å². The van der Waals surface area contributed by atoms with Crippen LogP contribution in [0.2, 0.25) is 5.02 Å². The van der Waals surface area contributed by atoms with Crippen molar-refractivity contribution in [3.05, 3.63) is 34.5 Å². The third-order valence-electron chi connectivity index (χ3n) is 5.46. The summed E-state index contributed by atoms with van der Waals surface area (Å²) in [5, 5.41) is 7.80. The van der Waals surface area contributed by atoms with E-state index in [1.54, 1.807) is 6.20 Å². The molecular weight excluding hydrogens is 420 g/mol. The predicted octanol–water partition coefficient (Wildman–Crippen LogP) is 3.19. The summed E-state index contributed by atoms with van der Waals surface area (Å²) in [6.45, 7) is 5.58. The van der Waals surface area contributed by atoms with Crippen LogP contribution in [0, 0.1) is 0 Å². The average Bonchev–Trinajstić information content (AvgIpc) is 3.42. The number of anilines is 3. The van der Waals surface area contributed by atoms with E-state index in [9.17, 15) is 4.79 Å². The van der Waals surface area contributed by atoms with Crippen LogP contribution in [-0.2, 0) is 11.2 Å². The van der Waals surface area contributed by atoms with Gasteiger partial charge in [0.25, 0.3) is 5.91 Å². The number of carbonyl (C=O) groups excluding carboxylic acids is 1. The number of carbonyl (C=O) groups is 1. The van der Waals surface area contributed by atoms with Crippen LogP contribution in [0.1, 0.15) is 22.8 Å². The first-order chi connectivity index (χ1) is 15.2. The van der Waals surface area contributed by atoms with Gasteiger partial charge in [-0.15, -0.1) is 0 Å². The number of amides is 1. The number of morpholine rings is 1. The average molecular weight is 443 g/mol. The molecule has 1 aromatic carbocycles. The van der Waals surface area contributed by atoms with Gasteiger partial charge in [0.2, 0.25) is 5.95 Å². The second-order valence-electron chi connectivity index (χ2n) is 7.38. The highest BCUT2D eigenvalue weighted by Crippen LogP contribution is 2.38. The van der Waals surface area contributed by atoms with Crippen molar-refractivity contribution in [2.45, 2.75) is 13.3 Å². The predicted molar refractivity (Wildman–Crippen MR) is 119 cm³/mol. The molecule has 9 nitrogen and oxygen atoms in total. The Labute approximate surface area is 184 Å². The number of fused-ring (bicyclic) bond motifs is 2. The zero-order chi connectivity index (χ0) is 21.4. The number of aromatic nitrogens is 3. The first-order valence-corrected chi connectivity index (χ1v) is 10.7. The minimum Gasteiger partial charge on any atom is -0.491 e. The Bertz CT molecular complexity index is 1140. The summed E-state index contributed by atoms with van der Waals surface area (Å²) in [6, 6.07) is 3.70. The van der Waals surface area contributed by atoms with Gasteiger partial charge in [-0.2, -0.15) is 9.97 Å². The molecule has 0 unspecified atom stereocenters. The van der Waals surface area contributed by atoms with E-state index in [1.807, 2.05) is 24.0 Å². The molecule has 0 atom stereocenters. The van der Waals surface area contributed by atoms with Gasteiger partial charge in [-0.05, 0) is 19.1 Å². The van der Waals surface area contributed by atoms with E-state index >= 15 is 0 Å². The van der Waals surface area contributed by atoms with E-state index < -0.39 is 0 Å². The molecule has 1 fully saturated rings. The minimum absolute atomic E-state index is 0.0183. The number of aromatic amines is 1. The highest BCUT2D eigenvalue weighted by Gasteiger charge is 2.27. The molecule has 0 aliphatic carbocycles. The van der Waals surface area contributed by atoms with Crippen molar-refractivity contribution in [2.75, 3.05) is 50.1 Å². The first-order valence-electron chi connectivity index (χ1n) is 10.4. The lowest BCUT2D eigenvalue weighted by Gasteiger charge is -2.27.